The van der Waals surface area contributed by atoms with Crippen LogP contribution < -0.4 is 5.32 Å². The molecule has 0 aliphatic rings. The fourth-order valence-corrected chi connectivity index (χ4v) is 2.83. The predicted molar refractivity (Wildman–Crippen MR) is 103 cm³/mol. The van der Waals surface area contributed by atoms with Gasteiger partial charge in [0.25, 0.3) is 5.91 Å². The third-order valence-electron chi connectivity index (χ3n) is 3.38. The molecule has 2 aromatic carbocycles. The van der Waals surface area contributed by atoms with Gasteiger partial charge in [0.1, 0.15) is 6.07 Å². The van der Waals surface area contributed by atoms with Gasteiger partial charge in [0.05, 0.1) is 5.57 Å². The van der Waals surface area contributed by atoms with Crippen LogP contribution in [0.5, 0.6) is 0 Å². The number of rotatable bonds is 5. The van der Waals surface area contributed by atoms with Gasteiger partial charge in [-0.1, -0.05) is 72.0 Å². The van der Waals surface area contributed by atoms with Crippen LogP contribution in [0.15, 0.2) is 72.8 Å². The molecule has 3 rings (SSSR count). The van der Waals surface area contributed by atoms with Crippen molar-refractivity contribution in [3.8, 4) is 6.07 Å². The van der Waals surface area contributed by atoms with Crippen LogP contribution in [0.25, 0.3) is 11.6 Å². The normalized spacial score (nSPS) is 11.3. The summed E-state index contributed by atoms with van der Waals surface area (Å²) in [6.45, 7) is 0. The van der Waals surface area contributed by atoms with Gasteiger partial charge in [-0.2, -0.15) is 5.26 Å². The first-order chi connectivity index (χ1) is 12.8. The lowest BCUT2D eigenvalue weighted by Crippen LogP contribution is -2.11. The highest BCUT2D eigenvalue weighted by atomic mass is 32.1. The van der Waals surface area contributed by atoms with Crippen LogP contribution in [0, 0.1) is 11.3 Å². The van der Waals surface area contributed by atoms with Crippen LogP contribution in [0.4, 0.5) is 5.13 Å². The first-order valence-corrected chi connectivity index (χ1v) is 8.62. The first-order valence-electron chi connectivity index (χ1n) is 7.80. The van der Waals surface area contributed by atoms with Gasteiger partial charge in [-0.3, -0.25) is 10.1 Å². The average Bonchev–Trinajstić information content (AvgIpc) is 3.15. The van der Waals surface area contributed by atoms with Crippen LogP contribution in [-0.4, -0.2) is 16.1 Å². The number of hydrogen-bond acceptors (Lipinski definition) is 5. The van der Waals surface area contributed by atoms with E-state index in [9.17, 15) is 10.1 Å². The summed E-state index contributed by atoms with van der Waals surface area (Å²) >= 11 is 1.16. The Hall–Kier alpha value is -3.56. The van der Waals surface area contributed by atoms with Gasteiger partial charge in [-0.15, -0.1) is 10.2 Å². The maximum absolute atomic E-state index is 12.1. The molecule has 0 radical (unpaired) electrons. The SMILES string of the molecule is N#CC(=CC=Cc1ccccc1)c1nnc(NC(=O)c2ccccc2)s1. The third-order valence-corrected chi connectivity index (χ3v) is 4.26. The van der Waals surface area contributed by atoms with Crippen LogP contribution in [-0.2, 0) is 0 Å². The zero-order valence-electron chi connectivity index (χ0n) is 13.7. The summed E-state index contributed by atoms with van der Waals surface area (Å²) in [5.41, 5.74) is 1.95. The minimum Gasteiger partial charge on any atom is -0.296 e. The molecular weight excluding hydrogens is 344 g/mol. The molecule has 0 aliphatic heterocycles. The molecule has 6 heteroatoms. The summed E-state index contributed by atoms with van der Waals surface area (Å²) in [4.78, 5) is 12.1. The lowest BCUT2D eigenvalue weighted by Gasteiger charge is -1.99. The number of benzene rings is 2. The highest BCUT2D eigenvalue weighted by Crippen LogP contribution is 2.23. The van der Waals surface area contributed by atoms with Crippen LogP contribution in [0.2, 0.25) is 0 Å². The van der Waals surface area contributed by atoms with Crippen molar-refractivity contribution in [2.75, 3.05) is 5.32 Å². The van der Waals surface area contributed by atoms with E-state index in [0.717, 1.165) is 16.9 Å². The van der Waals surface area contributed by atoms with Crippen molar-refractivity contribution in [1.29, 1.82) is 5.26 Å². The lowest BCUT2D eigenvalue weighted by molar-refractivity contribution is 0.102. The molecule has 1 amide bonds. The van der Waals surface area contributed by atoms with Crippen molar-refractivity contribution in [2.45, 2.75) is 0 Å². The number of carbonyl (C=O) groups is 1. The minimum atomic E-state index is -0.264. The summed E-state index contributed by atoms with van der Waals surface area (Å²) in [6, 6.07) is 20.7. The lowest BCUT2D eigenvalue weighted by atomic mass is 10.2. The molecule has 0 saturated heterocycles. The zero-order chi connectivity index (χ0) is 18.2. The van der Waals surface area contributed by atoms with Crippen molar-refractivity contribution in [3.63, 3.8) is 0 Å². The second-order valence-corrected chi connectivity index (χ2v) is 6.17. The first kappa shape index (κ1) is 17.3. The number of hydrogen-bond donors (Lipinski definition) is 1. The molecule has 1 heterocycles. The quantitative estimate of drug-likeness (QED) is 0.541. The van der Waals surface area contributed by atoms with Crippen LogP contribution >= 0.6 is 11.3 Å². The Bertz CT molecular complexity index is 985. The highest BCUT2D eigenvalue weighted by Gasteiger charge is 2.12. The van der Waals surface area contributed by atoms with E-state index in [1.807, 2.05) is 42.5 Å². The smallest absolute Gasteiger partial charge is 0.257 e. The van der Waals surface area contributed by atoms with Gasteiger partial charge in [0.2, 0.25) is 5.13 Å². The van der Waals surface area contributed by atoms with Crippen molar-refractivity contribution in [2.24, 2.45) is 0 Å². The fourth-order valence-electron chi connectivity index (χ4n) is 2.12. The second kappa shape index (κ2) is 8.51. The van der Waals surface area contributed by atoms with E-state index >= 15 is 0 Å². The van der Waals surface area contributed by atoms with Crippen molar-refractivity contribution in [3.05, 3.63) is 89.0 Å². The number of nitrogens with zero attached hydrogens (tertiary/aromatic N) is 3. The molecular formula is C20H14N4OS. The Morgan fingerprint density at radius 1 is 1.04 bits per heavy atom. The van der Waals surface area contributed by atoms with Gasteiger partial charge >= 0.3 is 0 Å². The van der Waals surface area contributed by atoms with Gasteiger partial charge in [-0.05, 0) is 23.8 Å². The van der Waals surface area contributed by atoms with Crippen molar-refractivity contribution >= 4 is 34.0 Å². The minimum absolute atomic E-state index is 0.264. The van der Waals surface area contributed by atoms with E-state index in [1.54, 1.807) is 36.4 Å². The van der Waals surface area contributed by atoms with E-state index in [1.165, 1.54) is 0 Å². The van der Waals surface area contributed by atoms with Crippen LogP contribution in [0.3, 0.4) is 0 Å². The van der Waals surface area contributed by atoms with Gasteiger partial charge in [0, 0.05) is 5.56 Å². The second-order valence-electron chi connectivity index (χ2n) is 5.19. The van der Waals surface area contributed by atoms with Crippen molar-refractivity contribution in [1.82, 2.24) is 10.2 Å². The molecule has 0 unspecified atom stereocenters. The monoisotopic (exact) mass is 358 g/mol. The van der Waals surface area contributed by atoms with Crippen LogP contribution in [0.1, 0.15) is 20.9 Å². The average molecular weight is 358 g/mol. The Morgan fingerprint density at radius 2 is 1.73 bits per heavy atom. The molecule has 0 atom stereocenters. The summed E-state index contributed by atoms with van der Waals surface area (Å²) in [5, 5.41) is 20.8. The van der Waals surface area contributed by atoms with E-state index in [4.69, 9.17) is 0 Å². The van der Waals surface area contributed by atoms with E-state index < -0.39 is 0 Å². The Kier molecular flexibility index (Phi) is 5.65. The number of anilines is 1. The third kappa shape index (κ3) is 4.50. The molecule has 0 aliphatic carbocycles. The van der Waals surface area contributed by atoms with Gasteiger partial charge < -0.3 is 0 Å². The zero-order valence-corrected chi connectivity index (χ0v) is 14.5. The number of allylic oxidation sites excluding steroid dienone is 3. The molecule has 26 heavy (non-hydrogen) atoms. The maximum atomic E-state index is 12.1. The Balaban J connectivity index is 1.71. The number of amides is 1. The van der Waals surface area contributed by atoms with E-state index in [-0.39, 0.29) is 5.91 Å². The maximum Gasteiger partial charge on any atom is 0.257 e. The van der Waals surface area contributed by atoms with E-state index in [2.05, 4.69) is 21.6 Å². The molecule has 0 saturated carbocycles. The summed E-state index contributed by atoms with van der Waals surface area (Å²) in [7, 11) is 0. The largest absolute Gasteiger partial charge is 0.296 e. The molecule has 3 aromatic rings. The summed E-state index contributed by atoms with van der Waals surface area (Å²) < 4.78 is 0. The molecule has 1 N–H and O–H groups in total. The molecule has 0 spiro atoms. The molecule has 0 bridgehead atoms. The van der Waals surface area contributed by atoms with Gasteiger partial charge in [-0.25, -0.2) is 0 Å². The van der Waals surface area contributed by atoms with Gasteiger partial charge in [0.15, 0.2) is 5.01 Å². The number of aromatic nitrogens is 2. The molecule has 5 nitrogen and oxygen atoms in total. The molecule has 1 aromatic heterocycles. The molecule has 126 valence electrons. The van der Waals surface area contributed by atoms with Crippen molar-refractivity contribution < 1.29 is 4.79 Å². The predicted octanol–water partition coefficient (Wildman–Crippen LogP) is 4.41. The number of nitriles is 1. The summed E-state index contributed by atoms with van der Waals surface area (Å²) in [5.74, 6) is -0.264. The standard InChI is InChI=1S/C20H14N4OS/c21-14-17(13-7-10-15-8-3-1-4-9-15)19-23-24-20(26-19)22-18(25)16-11-5-2-6-12-16/h1-13H,(H,22,24,25). The molecule has 0 fully saturated rings. The van der Waals surface area contributed by atoms with E-state index in [0.29, 0.717) is 21.3 Å². The number of nitrogens with one attached hydrogen (secondary N) is 1. The Morgan fingerprint density at radius 3 is 2.42 bits per heavy atom. The highest BCUT2D eigenvalue weighted by molar-refractivity contribution is 7.16. The number of carbonyl (C=O) groups excluding carboxylic acids is 1. The Labute approximate surface area is 155 Å². The fraction of sp³-hybridized carbons (Fsp3) is 0. The topological polar surface area (TPSA) is 78.7 Å². The summed E-state index contributed by atoms with van der Waals surface area (Å²) in [6.07, 6.45) is 5.37.